The van der Waals surface area contributed by atoms with Gasteiger partial charge in [-0.15, -0.1) is 17.9 Å². The fourth-order valence-electron chi connectivity index (χ4n) is 4.47. The van der Waals surface area contributed by atoms with Crippen LogP contribution >= 0.6 is 23.1 Å². The molecule has 176 valence electrons. The summed E-state index contributed by atoms with van der Waals surface area (Å²) < 4.78 is 7.00. The molecule has 0 bridgehead atoms. The Morgan fingerprint density at radius 3 is 3.06 bits per heavy atom. The maximum absolute atomic E-state index is 13.5. The molecule has 0 saturated carbocycles. The summed E-state index contributed by atoms with van der Waals surface area (Å²) in [6, 6.07) is 5.01. The number of thioether (sulfide) groups is 1. The average molecular weight is 496 g/mol. The zero-order chi connectivity index (χ0) is 24.0. The minimum Gasteiger partial charge on any atom is -0.482 e. The van der Waals surface area contributed by atoms with E-state index < -0.39 is 5.25 Å². The highest BCUT2D eigenvalue weighted by molar-refractivity contribution is 8.00. The van der Waals surface area contributed by atoms with Crippen molar-refractivity contribution in [3.63, 3.8) is 0 Å². The maximum atomic E-state index is 13.5. The number of ether oxygens (including phenoxy) is 1. The van der Waals surface area contributed by atoms with E-state index in [1.54, 1.807) is 47.1 Å². The zero-order valence-electron chi connectivity index (χ0n) is 19.1. The normalized spacial score (nSPS) is 17.9. The highest BCUT2D eigenvalue weighted by atomic mass is 32.2. The molecule has 3 aromatic rings. The van der Waals surface area contributed by atoms with Gasteiger partial charge in [0, 0.05) is 17.0 Å². The van der Waals surface area contributed by atoms with Crippen molar-refractivity contribution in [2.75, 3.05) is 11.9 Å². The molecule has 0 spiro atoms. The highest BCUT2D eigenvalue weighted by Crippen LogP contribution is 2.37. The minimum atomic E-state index is -0.492. The topological polar surface area (TPSA) is 90.3 Å². The number of ketones is 1. The van der Waals surface area contributed by atoms with E-state index in [2.05, 4.69) is 18.8 Å². The van der Waals surface area contributed by atoms with Crippen LogP contribution in [0, 0.1) is 5.92 Å². The summed E-state index contributed by atoms with van der Waals surface area (Å²) in [6.07, 6.45) is 4.64. The lowest BCUT2D eigenvalue weighted by atomic mass is 9.89. The third-order valence-electron chi connectivity index (χ3n) is 6.24. The quantitative estimate of drug-likeness (QED) is 0.235. The van der Waals surface area contributed by atoms with Crippen LogP contribution < -0.4 is 15.6 Å². The largest absolute Gasteiger partial charge is 0.482 e. The summed E-state index contributed by atoms with van der Waals surface area (Å²) >= 11 is 2.87. The number of carbonyl (C=O) groups excluding carboxylic acids is 2. The standard InChI is InChI=1S/C25H25N3O4S2/c1-4-9-28-24(31)21-16-7-5-13(2)10-19(16)34-23(21)27-25(28)33-14(3)22(30)15-6-8-18-17(11-15)26-20(29)12-32-18/h4,6,8,11,13-14H,1,5,7,9-10,12H2,2-3H3,(H,26,29). The van der Waals surface area contributed by atoms with Crippen LogP contribution in [0.2, 0.25) is 0 Å². The van der Waals surface area contributed by atoms with E-state index in [0.29, 0.717) is 34.6 Å². The SMILES string of the molecule is C=CCn1c(SC(C)C(=O)c2ccc3c(c2)NC(=O)CO3)nc2sc3c(c2c1=O)CCC(C)C3. The van der Waals surface area contributed by atoms with E-state index in [9.17, 15) is 14.4 Å². The molecule has 1 aliphatic heterocycles. The second-order valence-electron chi connectivity index (χ2n) is 8.80. The first kappa shape index (κ1) is 22.9. The Balaban J connectivity index is 1.48. The second-order valence-corrected chi connectivity index (χ2v) is 11.2. The molecule has 7 nitrogen and oxygen atoms in total. The molecular weight excluding hydrogens is 470 g/mol. The van der Waals surface area contributed by atoms with E-state index >= 15 is 0 Å². The number of aryl methyl sites for hydroxylation is 1. The molecule has 2 unspecified atom stereocenters. The maximum Gasteiger partial charge on any atom is 0.263 e. The zero-order valence-corrected chi connectivity index (χ0v) is 20.7. The molecule has 9 heteroatoms. The van der Waals surface area contributed by atoms with Gasteiger partial charge in [0.25, 0.3) is 11.5 Å². The number of anilines is 1. The summed E-state index contributed by atoms with van der Waals surface area (Å²) in [6.45, 7) is 8.14. The first-order chi connectivity index (χ1) is 16.4. The van der Waals surface area contributed by atoms with Crippen molar-refractivity contribution in [1.29, 1.82) is 0 Å². The number of thiophene rings is 1. The summed E-state index contributed by atoms with van der Waals surface area (Å²) in [5.74, 6) is 0.776. The van der Waals surface area contributed by atoms with Crippen molar-refractivity contribution in [1.82, 2.24) is 9.55 Å². The van der Waals surface area contributed by atoms with Gasteiger partial charge < -0.3 is 10.1 Å². The van der Waals surface area contributed by atoms with Gasteiger partial charge in [-0.1, -0.05) is 24.8 Å². The van der Waals surface area contributed by atoms with Crippen LogP contribution in [-0.2, 0) is 24.2 Å². The molecule has 3 heterocycles. The lowest BCUT2D eigenvalue weighted by Crippen LogP contribution is -2.26. The van der Waals surface area contributed by atoms with E-state index in [-0.39, 0.29) is 23.9 Å². The number of nitrogens with one attached hydrogen (secondary N) is 1. The molecule has 34 heavy (non-hydrogen) atoms. The summed E-state index contributed by atoms with van der Waals surface area (Å²) in [5, 5.41) is 3.48. The summed E-state index contributed by atoms with van der Waals surface area (Å²) in [5.41, 5.74) is 2.03. The number of hydrogen-bond acceptors (Lipinski definition) is 7. The van der Waals surface area contributed by atoms with Gasteiger partial charge >= 0.3 is 0 Å². The number of allylic oxidation sites excluding steroid dienone is 1. The number of fused-ring (bicyclic) bond motifs is 4. The molecule has 2 atom stereocenters. The molecule has 1 amide bonds. The monoisotopic (exact) mass is 495 g/mol. The van der Waals surface area contributed by atoms with Crippen LogP contribution in [0.5, 0.6) is 5.75 Å². The van der Waals surface area contributed by atoms with E-state index in [1.165, 1.54) is 16.6 Å². The molecular formula is C25H25N3O4S2. The van der Waals surface area contributed by atoms with Gasteiger partial charge in [0.2, 0.25) is 0 Å². The Labute approximate surface area is 205 Å². The Kier molecular flexibility index (Phi) is 6.07. The molecule has 1 aliphatic carbocycles. The molecule has 2 aromatic heterocycles. The van der Waals surface area contributed by atoms with Gasteiger partial charge in [-0.05, 0) is 55.9 Å². The Bertz CT molecular complexity index is 1390. The van der Waals surface area contributed by atoms with Gasteiger partial charge in [-0.2, -0.15) is 0 Å². The molecule has 0 radical (unpaired) electrons. The predicted octanol–water partition coefficient (Wildman–Crippen LogP) is 4.46. The van der Waals surface area contributed by atoms with Crippen molar-refractivity contribution >= 4 is 50.7 Å². The summed E-state index contributed by atoms with van der Waals surface area (Å²) in [4.78, 5) is 45.2. The van der Waals surface area contributed by atoms with Crippen LogP contribution in [0.25, 0.3) is 10.2 Å². The number of rotatable bonds is 6. The molecule has 5 rings (SSSR count). The van der Waals surface area contributed by atoms with Crippen molar-refractivity contribution in [3.8, 4) is 5.75 Å². The van der Waals surface area contributed by atoms with Gasteiger partial charge in [-0.25, -0.2) is 4.98 Å². The first-order valence-electron chi connectivity index (χ1n) is 11.3. The number of carbonyl (C=O) groups is 2. The molecule has 0 fully saturated rings. The fraction of sp³-hybridized carbons (Fsp3) is 0.360. The van der Waals surface area contributed by atoms with Gasteiger partial charge in [0.05, 0.1) is 16.3 Å². The van der Waals surface area contributed by atoms with Crippen molar-refractivity contribution in [2.45, 2.75) is 50.1 Å². The third kappa shape index (κ3) is 4.07. The molecule has 0 saturated heterocycles. The van der Waals surface area contributed by atoms with Crippen LogP contribution in [0.1, 0.15) is 41.1 Å². The van der Waals surface area contributed by atoms with Crippen LogP contribution in [-0.4, -0.2) is 33.1 Å². The Morgan fingerprint density at radius 2 is 2.26 bits per heavy atom. The predicted molar refractivity (Wildman–Crippen MR) is 135 cm³/mol. The lowest BCUT2D eigenvalue weighted by molar-refractivity contribution is -0.118. The second kappa shape index (κ2) is 9.03. The first-order valence-corrected chi connectivity index (χ1v) is 13.0. The highest BCUT2D eigenvalue weighted by Gasteiger charge is 2.27. The minimum absolute atomic E-state index is 0.0351. The van der Waals surface area contributed by atoms with Crippen molar-refractivity contribution in [2.24, 2.45) is 5.92 Å². The van der Waals surface area contributed by atoms with Gasteiger partial charge in [-0.3, -0.25) is 19.0 Å². The van der Waals surface area contributed by atoms with Crippen LogP contribution in [0.4, 0.5) is 5.69 Å². The number of amides is 1. The number of aromatic nitrogens is 2. The Hall–Kier alpha value is -2.91. The third-order valence-corrected chi connectivity index (χ3v) is 8.48. The van der Waals surface area contributed by atoms with E-state index in [1.807, 2.05) is 0 Å². The summed E-state index contributed by atoms with van der Waals surface area (Å²) in [7, 11) is 0. The van der Waals surface area contributed by atoms with Crippen LogP contribution in [0.3, 0.4) is 0 Å². The lowest BCUT2D eigenvalue weighted by Gasteiger charge is -2.19. The van der Waals surface area contributed by atoms with Crippen LogP contribution in [0.15, 0.2) is 40.8 Å². The fourth-order valence-corrected chi connectivity index (χ4v) is 6.89. The molecule has 1 N–H and O–H groups in total. The number of hydrogen-bond donors (Lipinski definition) is 1. The van der Waals surface area contributed by atoms with E-state index in [0.717, 1.165) is 35.0 Å². The smallest absolute Gasteiger partial charge is 0.263 e. The average Bonchev–Trinajstić information content (AvgIpc) is 3.17. The number of Topliss-reactive ketones (excluding diaryl/α,β-unsaturated/α-hetero) is 1. The molecule has 1 aromatic carbocycles. The number of benzene rings is 1. The van der Waals surface area contributed by atoms with Crippen molar-refractivity contribution < 1.29 is 14.3 Å². The molecule has 2 aliphatic rings. The van der Waals surface area contributed by atoms with E-state index in [4.69, 9.17) is 9.72 Å². The van der Waals surface area contributed by atoms with Gasteiger partial charge in [0.1, 0.15) is 10.6 Å². The van der Waals surface area contributed by atoms with Gasteiger partial charge in [0.15, 0.2) is 17.5 Å². The Morgan fingerprint density at radius 1 is 1.44 bits per heavy atom. The number of nitrogens with zero attached hydrogens (tertiary/aromatic N) is 2. The van der Waals surface area contributed by atoms with Crippen molar-refractivity contribution in [3.05, 3.63) is 57.2 Å².